The Kier molecular flexibility index (Phi) is 4.09. The van der Waals surface area contributed by atoms with E-state index in [1.165, 1.54) is 13.0 Å². The molecule has 0 radical (unpaired) electrons. The van der Waals surface area contributed by atoms with Crippen LogP contribution in [0, 0.1) is 0 Å². The van der Waals surface area contributed by atoms with E-state index in [1.54, 1.807) is 11.0 Å². The topological polar surface area (TPSA) is 46.6 Å². The second kappa shape index (κ2) is 5.34. The lowest BCUT2D eigenvalue weighted by atomic mass is 10.1. The molecule has 0 aromatic carbocycles. The average molecular weight is 209 g/mol. The van der Waals surface area contributed by atoms with E-state index in [-0.39, 0.29) is 18.5 Å². The first-order valence-electron chi connectivity index (χ1n) is 4.87. The van der Waals surface area contributed by atoms with Crippen molar-refractivity contribution in [1.82, 2.24) is 4.90 Å². The van der Waals surface area contributed by atoms with Crippen LogP contribution in [0.2, 0.25) is 0 Å². The van der Waals surface area contributed by atoms with Crippen LogP contribution in [0.5, 0.6) is 0 Å². The van der Waals surface area contributed by atoms with Crippen molar-refractivity contribution >= 4 is 11.9 Å². The van der Waals surface area contributed by atoms with E-state index in [9.17, 15) is 9.59 Å². The SMILES string of the molecule is C=CCOC(=O)N1CC=C(C(C)=O)CC1. The summed E-state index contributed by atoms with van der Waals surface area (Å²) in [6, 6.07) is 0. The number of amides is 1. The standard InChI is InChI=1S/C11H15NO3/c1-3-8-15-11(14)12-6-4-10(5-7-12)9(2)13/h3-4H,1,5-8H2,2H3. The van der Waals surface area contributed by atoms with Gasteiger partial charge in [-0.3, -0.25) is 4.79 Å². The number of ether oxygens (including phenoxy) is 1. The van der Waals surface area contributed by atoms with Crippen molar-refractivity contribution < 1.29 is 14.3 Å². The molecule has 82 valence electrons. The van der Waals surface area contributed by atoms with Crippen molar-refractivity contribution in [2.24, 2.45) is 0 Å². The molecule has 4 nitrogen and oxygen atoms in total. The highest BCUT2D eigenvalue weighted by molar-refractivity contribution is 5.93. The average Bonchev–Trinajstić information content (AvgIpc) is 2.26. The molecule has 1 rings (SSSR count). The number of carbonyl (C=O) groups excluding carboxylic acids is 2. The number of nitrogens with zero attached hydrogens (tertiary/aromatic N) is 1. The van der Waals surface area contributed by atoms with Gasteiger partial charge in [0, 0.05) is 13.1 Å². The van der Waals surface area contributed by atoms with Crippen LogP contribution in [0.4, 0.5) is 4.79 Å². The summed E-state index contributed by atoms with van der Waals surface area (Å²) >= 11 is 0. The quantitative estimate of drug-likeness (QED) is 0.662. The van der Waals surface area contributed by atoms with Crippen LogP contribution in [0.25, 0.3) is 0 Å². The largest absolute Gasteiger partial charge is 0.445 e. The molecule has 0 bridgehead atoms. The Bertz CT molecular complexity index is 307. The highest BCUT2D eigenvalue weighted by atomic mass is 16.6. The molecule has 0 spiro atoms. The van der Waals surface area contributed by atoms with E-state index in [4.69, 9.17) is 4.74 Å². The number of Topliss-reactive ketones (excluding diaryl/α,β-unsaturated/α-hetero) is 1. The van der Waals surface area contributed by atoms with E-state index >= 15 is 0 Å². The number of hydrogen-bond donors (Lipinski definition) is 0. The zero-order valence-corrected chi connectivity index (χ0v) is 8.86. The van der Waals surface area contributed by atoms with Crippen LogP contribution >= 0.6 is 0 Å². The summed E-state index contributed by atoms with van der Waals surface area (Å²) in [5.41, 5.74) is 0.794. The number of rotatable bonds is 3. The summed E-state index contributed by atoms with van der Waals surface area (Å²) in [5, 5.41) is 0. The molecular formula is C11H15NO3. The third kappa shape index (κ3) is 3.23. The maximum Gasteiger partial charge on any atom is 0.410 e. The Morgan fingerprint density at radius 2 is 2.40 bits per heavy atom. The van der Waals surface area contributed by atoms with Gasteiger partial charge in [0.25, 0.3) is 0 Å². The molecular weight excluding hydrogens is 194 g/mol. The molecule has 0 atom stereocenters. The van der Waals surface area contributed by atoms with Crippen LogP contribution in [-0.2, 0) is 9.53 Å². The van der Waals surface area contributed by atoms with E-state index in [2.05, 4.69) is 6.58 Å². The molecule has 1 aliphatic rings. The van der Waals surface area contributed by atoms with Crippen LogP contribution in [0.1, 0.15) is 13.3 Å². The lowest BCUT2D eigenvalue weighted by Gasteiger charge is -2.24. The van der Waals surface area contributed by atoms with Gasteiger partial charge in [0.05, 0.1) is 0 Å². The highest BCUT2D eigenvalue weighted by Crippen LogP contribution is 2.12. The van der Waals surface area contributed by atoms with Gasteiger partial charge in [0.2, 0.25) is 0 Å². The van der Waals surface area contributed by atoms with Gasteiger partial charge in [-0.05, 0) is 18.9 Å². The molecule has 1 amide bonds. The number of carbonyl (C=O) groups is 2. The maximum atomic E-state index is 11.4. The summed E-state index contributed by atoms with van der Waals surface area (Å²) < 4.78 is 4.88. The molecule has 0 saturated heterocycles. The molecule has 1 heterocycles. The normalized spacial score (nSPS) is 15.5. The van der Waals surface area contributed by atoms with Gasteiger partial charge in [0.1, 0.15) is 6.61 Å². The maximum absolute atomic E-state index is 11.4. The molecule has 0 unspecified atom stereocenters. The minimum Gasteiger partial charge on any atom is -0.445 e. The van der Waals surface area contributed by atoms with E-state index in [1.807, 2.05) is 0 Å². The van der Waals surface area contributed by atoms with Gasteiger partial charge >= 0.3 is 6.09 Å². The monoisotopic (exact) mass is 209 g/mol. The fourth-order valence-corrected chi connectivity index (χ4v) is 1.38. The van der Waals surface area contributed by atoms with E-state index in [0.717, 1.165) is 5.57 Å². The number of hydrogen-bond acceptors (Lipinski definition) is 3. The van der Waals surface area contributed by atoms with Crippen molar-refractivity contribution in [2.45, 2.75) is 13.3 Å². The van der Waals surface area contributed by atoms with E-state index < -0.39 is 0 Å². The number of ketones is 1. The third-order valence-corrected chi connectivity index (χ3v) is 2.24. The third-order valence-electron chi connectivity index (χ3n) is 2.24. The Hall–Kier alpha value is -1.58. The molecule has 15 heavy (non-hydrogen) atoms. The Balaban J connectivity index is 2.46. The lowest BCUT2D eigenvalue weighted by molar-refractivity contribution is -0.113. The first kappa shape index (κ1) is 11.5. The van der Waals surface area contributed by atoms with Crippen molar-refractivity contribution in [3.8, 4) is 0 Å². The molecule has 0 aliphatic carbocycles. The summed E-state index contributed by atoms with van der Waals surface area (Å²) in [6.07, 6.45) is 3.56. The van der Waals surface area contributed by atoms with Gasteiger partial charge in [-0.25, -0.2) is 4.79 Å². The van der Waals surface area contributed by atoms with Crippen LogP contribution in [0.15, 0.2) is 24.3 Å². The summed E-state index contributed by atoms with van der Waals surface area (Å²) in [7, 11) is 0. The molecule has 0 fully saturated rings. The Labute approximate surface area is 89.2 Å². The Morgan fingerprint density at radius 3 is 2.87 bits per heavy atom. The predicted octanol–water partition coefficient (Wildman–Crippen LogP) is 1.53. The van der Waals surface area contributed by atoms with Gasteiger partial charge < -0.3 is 9.64 Å². The predicted molar refractivity (Wildman–Crippen MR) is 56.5 cm³/mol. The molecule has 0 aromatic rings. The van der Waals surface area contributed by atoms with Crippen LogP contribution in [-0.4, -0.2) is 36.5 Å². The molecule has 4 heteroatoms. The Morgan fingerprint density at radius 1 is 1.67 bits per heavy atom. The lowest BCUT2D eigenvalue weighted by Crippen LogP contribution is -2.36. The molecule has 0 aromatic heterocycles. The second-order valence-corrected chi connectivity index (χ2v) is 3.35. The first-order valence-corrected chi connectivity index (χ1v) is 4.87. The van der Waals surface area contributed by atoms with Crippen molar-refractivity contribution in [3.05, 3.63) is 24.3 Å². The first-order chi connectivity index (χ1) is 7.15. The summed E-state index contributed by atoms with van der Waals surface area (Å²) in [4.78, 5) is 24.0. The summed E-state index contributed by atoms with van der Waals surface area (Å²) in [6.45, 7) is 6.21. The molecule has 0 N–H and O–H groups in total. The van der Waals surface area contributed by atoms with E-state index in [0.29, 0.717) is 19.5 Å². The zero-order chi connectivity index (χ0) is 11.3. The highest BCUT2D eigenvalue weighted by Gasteiger charge is 2.19. The molecule has 1 aliphatic heterocycles. The minimum atomic E-state index is -0.353. The fraction of sp³-hybridized carbons (Fsp3) is 0.455. The van der Waals surface area contributed by atoms with Gasteiger partial charge in [-0.2, -0.15) is 0 Å². The molecule has 0 saturated carbocycles. The minimum absolute atomic E-state index is 0.0779. The smallest absolute Gasteiger partial charge is 0.410 e. The van der Waals surface area contributed by atoms with Gasteiger partial charge in [-0.1, -0.05) is 18.7 Å². The van der Waals surface area contributed by atoms with Crippen molar-refractivity contribution in [1.29, 1.82) is 0 Å². The summed E-state index contributed by atoms with van der Waals surface area (Å²) in [5.74, 6) is 0.0779. The van der Waals surface area contributed by atoms with Crippen LogP contribution < -0.4 is 0 Å². The van der Waals surface area contributed by atoms with Gasteiger partial charge in [0.15, 0.2) is 5.78 Å². The van der Waals surface area contributed by atoms with Crippen molar-refractivity contribution in [3.63, 3.8) is 0 Å². The van der Waals surface area contributed by atoms with Crippen molar-refractivity contribution in [2.75, 3.05) is 19.7 Å². The zero-order valence-electron chi connectivity index (χ0n) is 8.86. The fourth-order valence-electron chi connectivity index (χ4n) is 1.38. The van der Waals surface area contributed by atoms with Gasteiger partial charge in [-0.15, -0.1) is 0 Å². The van der Waals surface area contributed by atoms with Crippen LogP contribution in [0.3, 0.4) is 0 Å². The second-order valence-electron chi connectivity index (χ2n) is 3.35.